The maximum absolute atomic E-state index is 12.2. The second-order valence-electron chi connectivity index (χ2n) is 5.09. The number of thiophene rings is 1. The summed E-state index contributed by atoms with van der Waals surface area (Å²) in [5, 5.41) is 15.1. The van der Waals surface area contributed by atoms with Crippen LogP contribution in [0.25, 0.3) is 0 Å². The van der Waals surface area contributed by atoms with Gasteiger partial charge >= 0.3 is 0 Å². The molecule has 0 aliphatic heterocycles. The molecule has 0 radical (unpaired) electrons. The Morgan fingerprint density at radius 2 is 2.26 bits per heavy atom. The van der Waals surface area contributed by atoms with Gasteiger partial charge in [0.1, 0.15) is 5.60 Å². The number of amides is 1. The van der Waals surface area contributed by atoms with Gasteiger partial charge < -0.3 is 10.4 Å². The quantitative estimate of drug-likeness (QED) is 0.814. The molecule has 0 aliphatic carbocycles. The lowest BCUT2D eigenvalue weighted by Crippen LogP contribution is -2.43. The average Bonchev–Trinajstić information content (AvgIpc) is 2.87. The molecule has 3 nitrogen and oxygen atoms in total. The van der Waals surface area contributed by atoms with E-state index in [4.69, 9.17) is 0 Å². The van der Waals surface area contributed by atoms with Gasteiger partial charge in [-0.1, -0.05) is 26.8 Å². The lowest BCUT2D eigenvalue weighted by molar-refractivity contribution is -0.122. The molecule has 0 spiro atoms. The van der Waals surface area contributed by atoms with Crippen LogP contribution in [0.5, 0.6) is 0 Å². The summed E-state index contributed by atoms with van der Waals surface area (Å²) in [7, 11) is 0. The minimum absolute atomic E-state index is 0.0127. The van der Waals surface area contributed by atoms with Crippen LogP contribution in [-0.4, -0.2) is 28.6 Å². The molecule has 19 heavy (non-hydrogen) atoms. The number of nitrogens with one attached hydrogen (secondary N) is 1. The van der Waals surface area contributed by atoms with Crippen molar-refractivity contribution < 1.29 is 9.90 Å². The number of thioether (sulfide) groups is 1. The first-order valence-electron chi connectivity index (χ1n) is 6.54. The molecule has 1 aromatic heterocycles. The van der Waals surface area contributed by atoms with E-state index in [9.17, 15) is 9.90 Å². The van der Waals surface area contributed by atoms with E-state index < -0.39 is 5.60 Å². The van der Waals surface area contributed by atoms with Crippen LogP contribution in [0.3, 0.4) is 0 Å². The predicted octanol–water partition coefficient (Wildman–Crippen LogP) is 2.85. The standard InChI is InChI=1S/C14H23NO2S2/c1-5-18-12(10(2)3)13(16)15-9-14(4,17)11-7-6-8-19-11/h6-8,10,12,17H,5,9H2,1-4H3,(H,15,16). The van der Waals surface area contributed by atoms with E-state index in [2.05, 4.69) is 12.2 Å². The average molecular weight is 301 g/mol. The van der Waals surface area contributed by atoms with Crippen molar-refractivity contribution in [2.24, 2.45) is 5.92 Å². The molecule has 0 bridgehead atoms. The van der Waals surface area contributed by atoms with Crippen LogP contribution < -0.4 is 5.32 Å². The predicted molar refractivity (Wildman–Crippen MR) is 83.7 cm³/mol. The molecular formula is C14H23NO2S2. The number of hydrogen-bond acceptors (Lipinski definition) is 4. The van der Waals surface area contributed by atoms with Crippen LogP contribution in [0.15, 0.2) is 17.5 Å². The van der Waals surface area contributed by atoms with Gasteiger partial charge in [0, 0.05) is 4.88 Å². The number of carbonyl (C=O) groups excluding carboxylic acids is 1. The van der Waals surface area contributed by atoms with E-state index in [0.29, 0.717) is 0 Å². The smallest absolute Gasteiger partial charge is 0.233 e. The number of carbonyl (C=O) groups is 1. The Morgan fingerprint density at radius 3 is 2.74 bits per heavy atom. The number of rotatable bonds is 7. The van der Waals surface area contributed by atoms with Gasteiger partial charge in [0.05, 0.1) is 11.8 Å². The van der Waals surface area contributed by atoms with Crippen LogP contribution in [0, 0.1) is 5.92 Å². The van der Waals surface area contributed by atoms with Crippen LogP contribution in [-0.2, 0) is 10.4 Å². The molecule has 2 unspecified atom stereocenters. The fourth-order valence-electron chi connectivity index (χ4n) is 1.78. The Balaban J connectivity index is 2.58. The zero-order chi connectivity index (χ0) is 14.5. The van der Waals surface area contributed by atoms with E-state index >= 15 is 0 Å². The SMILES string of the molecule is CCSC(C(=O)NCC(C)(O)c1cccs1)C(C)C. The van der Waals surface area contributed by atoms with Gasteiger partial charge in [0.25, 0.3) is 0 Å². The second-order valence-corrected chi connectivity index (χ2v) is 7.46. The van der Waals surface area contributed by atoms with E-state index in [1.165, 1.54) is 11.3 Å². The van der Waals surface area contributed by atoms with Crippen molar-refractivity contribution in [1.82, 2.24) is 5.32 Å². The topological polar surface area (TPSA) is 49.3 Å². The van der Waals surface area contributed by atoms with Crippen molar-refractivity contribution in [3.05, 3.63) is 22.4 Å². The summed E-state index contributed by atoms with van der Waals surface area (Å²) in [5.41, 5.74) is -0.998. The van der Waals surface area contributed by atoms with Crippen molar-refractivity contribution in [1.29, 1.82) is 0 Å². The normalized spacial score (nSPS) is 16.1. The van der Waals surface area contributed by atoms with Crippen molar-refractivity contribution >= 4 is 29.0 Å². The van der Waals surface area contributed by atoms with Crippen molar-refractivity contribution in [2.75, 3.05) is 12.3 Å². The van der Waals surface area contributed by atoms with Crippen LogP contribution in [0.2, 0.25) is 0 Å². The minimum Gasteiger partial charge on any atom is -0.383 e. The van der Waals surface area contributed by atoms with Crippen LogP contribution in [0.4, 0.5) is 0 Å². The molecular weight excluding hydrogens is 278 g/mol. The molecule has 0 fully saturated rings. The summed E-state index contributed by atoms with van der Waals surface area (Å²) >= 11 is 3.15. The molecule has 0 saturated heterocycles. The first kappa shape index (κ1) is 16.5. The third-order valence-corrected chi connectivity index (χ3v) is 5.44. The maximum Gasteiger partial charge on any atom is 0.233 e. The highest BCUT2D eigenvalue weighted by atomic mass is 32.2. The Hall–Kier alpha value is -0.520. The Bertz CT molecular complexity index is 388. The highest BCUT2D eigenvalue weighted by molar-refractivity contribution is 8.00. The molecule has 108 valence electrons. The molecule has 2 atom stereocenters. The summed E-state index contributed by atoms with van der Waals surface area (Å²) in [6, 6.07) is 3.79. The molecule has 1 heterocycles. The molecule has 0 aliphatic rings. The summed E-state index contributed by atoms with van der Waals surface area (Å²) in [5.74, 6) is 1.22. The molecule has 1 rings (SSSR count). The highest BCUT2D eigenvalue weighted by Crippen LogP contribution is 2.25. The Labute approximate surface area is 123 Å². The van der Waals surface area contributed by atoms with Gasteiger partial charge in [0.15, 0.2) is 0 Å². The molecule has 0 aromatic carbocycles. The molecule has 0 saturated carbocycles. The van der Waals surface area contributed by atoms with Crippen LogP contribution in [0.1, 0.15) is 32.6 Å². The minimum atomic E-state index is -0.998. The van der Waals surface area contributed by atoms with Gasteiger partial charge in [-0.05, 0) is 30.0 Å². The fourth-order valence-corrected chi connectivity index (χ4v) is 3.55. The van der Waals surface area contributed by atoms with Gasteiger partial charge in [-0.15, -0.1) is 23.1 Å². The maximum atomic E-state index is 12.2. The summed E-state index contributed by atoms with van der Waals surface area (Å²) < 4.78 is 0. The first-order chi connectivity index (χ1) is 8.88. The van der Waals surface area contributed by atoms with Gasteiger partial charge in [-0.2, -0.15) is 0 Å². The zero-order valence-corrected chi connectivity index (χ0v) is 13.6. The van der Waals surface area contributed by atoms with Gasteiger partial charge in [0.2, 0.25) is 5.91 Å². The Kier molecular flexibility index (Phi) is 6.36. The van der Waals surface area contributed by atoms with Crippen molar-refractivity contribution in [3.8, 4) is 0 Å². The molecule has 1 aromatic rings. The lowest BCUT2D eigenvalue weighted by Gasteiger charge is -2.25. The highest BCUT2D eigenvalue weighted by Gasteiger charge is 2.28. The largest absolute Gasteiger partial charge is 0.383 e. The molecule has 2 N–H and O–H groups in total. The van der Waals surface area contributed by atoms with E-state index in [0.717, 1.165) is 10.6 Å². The lowest BCUT2D eigenvalue weighted by atomic mass is 10.0. The van der Waals surface area contributed by atoms with Gasteiger partial charge in [-0.3, -0.25) is 4.79 Å². The number of aliphatic hydroxyl groups is 1. The van der Waals surface area contributed by atoms with E-state index in [-0.39, 0.29) is 23.6 Å². The van der Waals surface area contributed by atoms with E-state index in [1.54, 1.807) is 18.7 Å². The Morgan fingerprint density at radius 1 is 1.58 bits per heavy atom. The summed E-state index contributed by atoms with van der Waals surface area (Å²) in [6.45, 7) is 8.13. The third kappa shape index (κ3) is 4.82. The first-order valence-corrected chi connectivity index (χ1v) is 8.47. The molecule has 1 amide bonds. The van der Waals surface area contributed by atoms with Gasteiger partial charge in [-0.25, -0.2) is 0 Å². The zero-order valence-electron chi connectivity index (χ0n) is 12.0. The number of hydrogen-bond donors (Lipinski definition) is 2. The monoisotopic (exact) mass is 301 g/mol. The molecule has 5 heteroatoms. The second kappa shape index (κ2) is 7.31. The van der Waals surface area contributed by atoms with Crippen LogP contribution >= 0.6 is 23.1 Å². The fraction of sp³-hybridized carbons (Fsp3) is 0.643. The summed E-state index contributed by atoms with van der Waals surface area (Å²) in [6.07, 6.45) is 0. The van der Waals surface area contributed by atoms with E-state index in [1.807, 2.05) is 31.4 Å². The van der Waals surface area contributed by atoms with Crippen molar-refractivity contribution in [2.45, 2.75) is 38.5 Å². The summed E-state index contributed by atoms with van der Waals surface area (Å²) in [4.78, 5) is 13.0. The van der Waals surface area contributed by atoms with Crippen molar-refractivity contribution in [3.63, 3.8) is 0 Å². The third-order valence-electron chi connectivity index (χ3n) is 2.87.